The molecule has 2 atom stereocenters. The Labute approximate surface area is 78.0 Å². The molecule has 0 bridgehead atoms. The molecule has 70 valence electrons. The molecule has 0 aromatic rings. The summed E-state index contributed by atoms with van der Waals surface area (Å²) in [7, 11) is 0. The monoisotopic (exact) mass is 178 g/mol. The lowest BCUT2D eigenvalue weighted by molar-refractivity contribution is -0.123. The molecule has 2 heteroatoms. The van der Waals surface area contributed by atoms with E-state index in [2.05, 4.69) is 19.9 Å². The SMILES string of the molecule is CC1(C)OC2=CCCC(=O)C23CC13. The average molecular weight is 178 g/mol. The van der Waals surface area contributed by atoms with Crippen LogP contribution >= 0.6 is 0 Å². The van der Waals surface area contributed by atoms with E-state index in [1.807, 2.05) is 0 Å². The lowest BCUT2D eigenvalue weighted by atomic mass is 9.86. The molecular weight excluding hydrogens is 164 g/mol. The first-order chi connectivity index (χ1) is 6.07. The zero-order chi connectivity index (χ0) is 9.27. The first-order valence-electron chi connectivity index (χ1n) is 5.00. The topological polar surface area (TPSA) is 26.3 Å². The lowest BCUT2D eigenvalue weighted by Gasteiger charge is -2.23. The summed E-state index contributed by atoms with van der Waals surface area (Å²) in [6.07, 6.45) is 4.75. The van der Waals surface area contributed by atoms with Crippen LogP contribution in [0, 0.1) is 11.3 Å². The Hall–Kier alpha value is -0.790. The van der Waals surface area contributed by atoms with E-state index in [0.29, 0.717) is 11.7 Å². The van der Waals surface area contributed by atoms with Gasteiger partial charge in [-0.05, 0) is 32.8 Å². The summed E-state index contributed by atoms with van der Waals surface area (Å²) in [6, 6.07) is 0. The molecule has 3 rings (SSSR count). The summed E-state index contributed by atoms with van der Waals surface area (Å²) >= 11 is 0. The Kier molecular flexibility index (Phi) is 1.07. The Bertz CT molecular complexity index is 327. The molecule has 0 N–H and O–H groups in total. The summed E-state index contributed by atoms with van der Waals surface area (Å²) < 4.78 is 5.82. The summed E-state index contributed by atoms with van der Waals surface area (Å²) in [4.78, 5) is 11.8. The number of hydrogen-bond donors (Lipinski definition) is 0. The zero-order valence-electron chi connectivity index (χ0n) is 8.09. The van der Waals surface area contributed by atoms with E-state index in [0.717, 1.165) is 25.0 Å². The highest BCUT2D eigenvalue weighted by molar-refractivity contribution is 5.93. The third-order valence-electron chi connectivity index (χ3n) is 3.81. The average Bonchev–Trinajstić information content (AvgIpc) is 2.71. The van der Waals surface area contributed by atoms with Crippen LogP contribution in [-0.4, -0.2) is 11.4 Å². The Balaban J connectivity index is 2.10. The van der Waals surface area contributed by atoms with Crippen molar-refractivity contribution in [3.05, 3.63) is 11.8 Å². The molecule has 2 unspecified atom stereocenters. The van der Waals surface area contributed by atoms with Crippen LogP contribution in [0.3, 0.4) is 0 Å². The predicted octanol–water partition coefficient (Wildman–Crippen LogP) is 2.05. The van der Waals surface area contributed by atoms with Crippen molar-refractivity contribution >= 4 is 5.78 Å². The highest BCUT2D eigenvalue weighted by Gasteiger charge is 2.74. The standard InChI is InChI=1S/C11H14O2/c1-10(2)7-6-11(7)8(12)4-3-5-9(11)13-10/h5,7H,3-4,6H2,1-2H3. The molecule has 1 heterocycles. The van der Waals surface area contributed by atoms with E-state index in [4.69, 9.17) is 4.74 Å². The van der Waals surface area contributed by atoms with Crippen molar-refractivity contribution in [2.24, 2.45) is 11.3 Å². The van der Waals surface area contributed by atoms with Crippen LogP contribution < -0.4 is 0 Å². The molecule has 0 aromatic carbocycles. The number of ether oxygens (including phenoxy) is 1. The number of Topliss-reactive ketones (excluding diaryl/α,β-unsaturated/α-hetero) is 1. The molecule has 0 aromatic heterocycles. The van der Waals surface area contributed by atoms with E-state index in [9.17, 15) is 4.79 Å². The molecule has 2 fully saturated rings. The minimum atomic E-state index is -0.151. The number of allylic oxidation sites excluding steroid dienone is 2. The Morgan fingerprint density at radius 3 is 2.92 bits per heavy atom. The van der Waals surface area contributed by atoms with Crippen LogP contribution in [0.4, 0.5) is 0 Å². The van der Waals surface area contributed by atoms with Gasteiger partial charge in [-0.1, -0.05) is 0 Å². The quantitative estimate of drug-likeness (QED) is 0.567. The minimum Gasteiger partial charge on any atom is -0.491 e. The fourth-order valence-electron chi connectivity index (χ4n) is 3.05. The van der Waals surface area contributed by atoms with Crippen LogP contribution in [0.2, 0.25) is 0 Å². The van der Waals surface area contributed by atoms with Gasteiger partial charge in [-0.25, -0.2) is 0 Å². The van der Waals surface area contributed by atoms with Gasteiger partial charge in [0.05, 0.1) is 5.41 Å². The van der Waals surface area contributed by atoms with Gasteiger partial charge in [0.25, 0.3) is 0 Å². The second-order valence-corrected chi connectivity index (χ2v) is 4.96. The first-order valence-corrected chi connectivity index (χ1v) is 5.00. The fourth-order valence-corrected chi connectivity index (χ4v) is 3.05. The maximum atomic E-state index is 11.8. The van der Waals surface area contributed by atoms with Crippen molar-refractivity contribution in [2.75, 3.05) is 0 Å². The molecule has 1 spiro atoms. The number of carbonyl (C=O) groups excluding carboxylic acids is 1. The largest absolute Gasteiger partial charge is 0.491 e. The van der Waals surface area contributed by atoms with Gasteiger partial charge in [0, 0.05) is 12.3 Å². The summed E-state index contributed by atoms with van der Waals surface area (Å²) in [5.74, 6) is 1.86. The maximum Gasteiger partial charge on any atom is 0.147 e. The van der Waals surface area contributed by atoms with Crippen molar-refractivity contribution in [3.63, 3.8) is 0 Å². The molecule has 2 aliphatic carbocycles. The van der Waals surface area contributed by atoms with Crippen molar-refractivity contribution in [3.8, 4) is 0 Å². The van der Waals surface area contributed by atoms with Gasteiger partial charge in [0.1, 0.15) is 17.1 Å². The molecule has 13 heavy (non-hydrogen) atoms. The second kappa shape index (κ2) is 1.84. The van der Waals surface area contributed by atoms with Crippen molar-refractivity contribution in [1.82, 2.24) is 0 Å². The van der Waals surface area contributed by atoms with Gasteiger partial charge in [-0.2, -0.15) is 0 Å². The highest BCUT2D eigenvalue weighted by atomic mass is 16.5. The van der Waals surface area contributed by atoms with Crippen LogP contribution in [-0.2, 0) is 9.53 Å². The molecule has 2 nitrogen and oxygen atoms in total. The molecule has 1 saturated carbocycles. The number of hydrogen-bond acceptors (Lipinski definition) is 2. The number of carbonyl (C=O) groups is 1. The minimum absolute atomic E-state index is 0.105. The van der Waals surface area contributed by atoms with Gasteiger partial charge >= 0.3 is 0 Å². The summed E-state index contributed by atoms with van der Waals surface area (Å²) in [5, 5.41) is 0. The van der Waals surface area contributed by atoms with Gasteiger partial charge in [-0.15, -0.1) is 0 Å². The lowest BCUT2D eigenvalue weighted by Crippen LogP contribution is -2.21. The zero-order valence-corrected chi connectivity index (χ0v) is 8.09. The number of ketones is 1. The smallest absolute Gasteiger partial charge is 0.147 e. The molecule has 0 radical (unpaired) electrons. The van der Waals surface area contributed by atoms with E-state index >= 15 is 0 Å². The Morgan fingerprint density at radius 1 is 1.54 bits per heavy atom. The van der Waals surface area contributed by atoms with Crippen molar-refractivity contribution in [2.45, 2.75) is 38.7 Å². The van der Waals surface area contributed by atoms with Crippen LogP contribution in [0.15, 0.2) is 11.8 Å². The second-order valence-electron chi connectivity index (χ2n) is 4.96. The van der Waals surface area contributed by atoms with Crippen LogP contribution in [0.25, 0.3) is 0 Å². The normalized spacial score (nSPS) is 44.6. The van der Waals surface area contributed by atoms with Gasteiger partial charge in [-0.3, -0.25) is 4.79 Å². The molecule has 1 saturated heterocycles. The van der Waals surface area contributed by atoms with Crippen LogP contribution in [0.5, 0.6) is 0 Å². The molecule has 3 aliphatic rings. The Morgan fingerprint density at radius 2 is 2.31 bits per heavy atom. The third kappa shape index (κ3) is 0.687. The van der Waals surface area contributed by atoms with E-state index in [1.165, 1.54) is 0 Å². The molecular formula is C11H14O2. The highest BCUT2D eigenvalue weighted by Crippen LogP contribution is 2.71. The predicted molar refractivity (Wildman–Crippen MR) is 48.0 cm³/mol. The number of rotatable bonds is 0. The van der Waals surface area contributed by atoms with Gasteiger partial charge < -0.3 is 4.74 Å². The molecule has 0 amide bonds. The van der Waals surface area contributed by atoms with Crippen molar-refractivity contribution < 1.29 is 9.53 Å². The van der Waals surface area contributed by atoms with Gasteiger partial charge in [0.2, 0.25) is 0 Å². The van der Waals surface area contributed by atoms with Crippen molar-refractivity contribution in [1.29, 1.82) is 0 Å². The fraction of sp³-hybridized carbons (Fsp3) is 0.727. The van der Waals surface area contributed by atoms with E-state index < -0.39 is 0 Å². The summed E-state index contributed by atoms with van der Waals surface area (Å²) in [6.45, 7) is 4.19. The first kappa shape index (κ1) is 7.60. The van der Waals surface area contributed by atoms with Gasteiger partial charge in [0.15, 0.2) is 0 Å². The van der Waals surface area contributed by atoms with Crippen LogP contribution in [0.1, 0.15) is 33.1 Å². The van der Waals surface area contributed by atoms with E-state index in [-0.39, 0.29) is 11.0 Å². The maximum absolute atomic E-state index is 11.8. The molecule has 1 aliphatic heterocycles. The summed E-state index contributed by atoms with van der Waals surface area (Å²) in [5.41, 5.74) is -0.256. The van der Waals surface area contributed by atoms with E-state index in [1.54, 1.807) is 0 Å². The third-order valence-corrected chi connectivity index (χ3v) is 3.81.